The van der Waals surface area contributed by atoms with Gasteiger partial charge in [-0.1, -0.05) is 48.5 Å². The Hall–Kier alpha value is -1.74. The second kappa shape index (κ2) is 8.53. The number of hydrogen-bond acceptors (Lipinski definition) is 2. The summed E-state index contributed by atoms with van der Waals surface area (Å²) in [6.45, 7) is 2.01. The number of amides is 1. The molecule has 0 aliphatic heterocycles. The zero-order chi connectivity index (χ0) is 14.9. The maximum absolute atomic E-state index is 11.9. The number of hydrogen-bond donors (Lipinski definition) is 1. The van der Waals surface area contributed by atoms with Crippen molar-refractivity contribution in [2.45, 2.75) is 25.5 Å². The minimum atomic E-state index is 0.101. The van der Waals surface area contributed by atoms with E-state index in [9.17, 15) is 4.79 Å². The molecule has 2 nitrogen and oxygen atoms in total. The number of carbonyl (C=O) groups is 1. The van der Waals surface area contributed by atoms with Gasteiger partial charge in [0.05, 0.1) is 0 Å². The fraction of sp³-hybridized carbons (Fsp3) is 0.278. The lowest BCUT2D eigenvalue weighted by Gasteiger charge is -2.07. The van der Waals surface area contributed by atoms with E-state index in [-0.39, 0.29) is 5.91 Å². The van der Waals surface area contributed by atoms with Gasteiger partial charge in [-0.15, -0.1) is 0 Å². The molecule has 110 valence electrons. The van der Waals surface area contributed by atoms with Crippen LogP contribution in [0.15, 0.2) is 54.6 Å². The molecule has 0 atom stereocenters. The van der Waals surface area contributed by atoms with E-state index in [2.05, 4.69) is 29.6 Å². The van der Waals surface area contributed by atoms with E-state index in [0.717, 1.165) is 29.2 Å². The standard InChI is InChI=1S/C18H21NOS/c1-15-8-5-6-11-17(15)19-18(20)12-7-13-21-14-16-9-3-2-4-10-16/h2-6,8-11H,7,12-14H2,1H3,(H,19,20). The molecule has 0 unspecified atom stereocenters. The predicted molar refractivity (Wildman–Crippen MR) is 91.6 cm³/mol. The number of thioether (sulfide) groups is 1. The molecule has 1 N–H and O–H groups in total. The van der Waals surface area contributed by atoms with Crippen molar-refractivity contribution in [3.8, 4) is 0 Å². The van der Waals surface area contributed by atoms with E-state index in [4.69, 9.17) is 0 Å². The summed E-state index contributed by atoms with van der Waals surface area (Å²) >= 11 is 1.88. The Morgan fingerprint density at radius 3 is 2.52 bits per heavy atom. The van der Waals surface area contributed by atoms with Gasteiger partial charge in [0.2, 0.25) is 5.91 Å². The first-order valence-electron chi connectivity index (χ1n) is 7.23. The molecule has 0 bridgehead atoms. The zero-order valence-electron chi connectivity index (χ0n) is 12.3. The summed E-state index contributed by atoms with van der Waals surface area (Å²) in [5.74, 6) is 2.13. The Balaban J connectivity index is 1.63. The van der Waals surface area contributed by atoms with Gasteiger partial charge in [0, 0.05) is 17.9 Å². The Morgan fingerprint density at radius 2 is 1.76 bits per heavy atom. The molecular formula is C18H21NOS. The van der Waals surface area contributed by atoms with Gasteiger partial charge in [0.15, 0.2) is 0 Å². The second-order valence-corrected chi connectivity index (χ2v) is 6.11. The number of aryl methyl sites for hydroxylation is 1. The van der Waals surface area contributed by atoms with Gasteiger partial charge in [-0.25, -0.2) is 0 Å². The monoisotopic (exact) mass is 299 g/mol. The molecule has 1 amide bonds. The minimum Gasteiger partial charge on any atom is -0.326 e. The third kappa shape index (κ3) is 5.64. The van der Waals surface area contributed by atoms with Gasteiger partial charge in [-0.05, 0) is 36.3 Å². The molecule has 2 rings (SSSR count). The summed E-state index contributed by atoms with van der Waals surface area (Å²) in [6, 6.07) is 18.3. The zero-order valence-corrected chi connectivity index (χ0v) is 13.2. The largest absolute Gasteiger partial charge is 0.326 e. The van der Waals surface area contributed by atoms with Crippen LogP contribution in [0.2, 0.25) is 0 Å². The van der Waals surface area contributed by atoms with E-state index in [1.807, 2.05) is 49.0 Å². The fourth-order valence-corrected chi connectivity index (χ4v) is 2.95. The average Bonchev–Trinajstić information content (AvgIpc) is 2.50. The van der Waals surface area contributed by atoms with Crippen LogP contribution < -0.4 is 5.32 Å². The Kier molecular flexibility index (Phi) is 6.35. The summed E-state index contributed by atoms with van der Waals surface area (Å²) in [7, 11) is 0. The highest BCUT2D eigenvalue weighted by Gasteiger charge is 2.04. The van der Waals surface area contributed by atoms with Crippen molar-refractivity contribution in [2.24, 2.45) is 0 Å². The summed E-state index contributed by atoms with van der Waals surface area (Å²) in [6.07, 6.45) is 1.49. The molecule has 3 heteroatoms. The lowest BCUT2D eigenvalue weighted by molar-refractivity contribution is -0.116. The number of nitrogens with one attached hydrogen (secondary N) is 1. The molecule has 2 aromatic rings. The van der Waals surface area contributed by atoms with E-state index >= 15 is 0 Å². The molecule has 2 aromatic carbocycles. The van der Waals surface area contributed by atoms with Crippen LogP contribution in [-0.2, 0) is 10.5 Å². The van der Waals surface area contributed by atoms with Gasteiger partial charge in [-0.3, -0.25) is 4.79 Å². The summed E-state index contributed by atoms with van der Waals surface area (Å²) in [4.78, 5) is 11.9. The highest BCUT2D eigenvalue weighted by Crippen LogP contribution is 2.15. The molecular weight excluding hydrogens is 278 g/mol. The molecule has 21 heavy (non-hydrogen) atoms. The van der Waals surface area contributed by atoms with Crippen LogP contribution in [0.1, 0.15) is 24.0 Å². The lowest BCUT2D eigenvalue weighted by atomic mass is 10.2. The van der Waals surface area contributed by atoms with E-state index in [1.165, 1.54) is 5.56 Å². The Morgan fingerprint density at radius 1 is 1.05 bits per heavy atom. The maximum Gasteiger partial charge on any atom is 0.224 e. The molecule has 0 aliphatic carbocycles. The van der Waals surface area contributed by atoms with Crippen LogP contribution in [0.5, 0.6) is 0 Å². The quantitative estimate of drug-likeness (QED) is 0.754. The second-order valence-electron chi connectivity index (χ2n) is 5.00. The van der Waals surface area contributed by atoms with E-state index in [1.54, 1.807) is 0 Å². The fourth-order valence-electron chi connectivity index (χ4n) is 2.02. The summed E-state index contributed by atoms with van der Waals surface area (Å²) in [5, 5.41) is 2.97. The molecule has 0 fully saturated rings. The number of carbonyl (C=O) groups excluding carboxylic acids is 1. The van der Waals surface area contributed by atoms with Crippen LogP contribution in [0.25, 0.3) is 0 Å². The van der Waals surface area contributed by atoms with Crippen LogP contribution in [0.4, 0.5) is 5.69 Å². The highest BCUT2D eigenvalue weighted by atomic mass is 32.2. The maximum atomic E-state index is 11.9. The van der Waals surface area contributed by atoms with Gasteiger partial charge < -0.3 is 5.32 Å². The Labute approximate surface area is 131 Å². The molecule has 0 heterocycles. The van der Waals surface area contributed by atoms with E-state index < -0.39 is 0 Å². The van der Waals surface area contributed by atoms with Crippen molar-refractivity contribution in [1.29, 1.82) is 0 Å². The number of benzene rings is 2. The van der Waals surface area contributed by atoms with Gasteiger partial charge in [-0.2, -0.15) is 11.8 Å². The highest BCUT2D eigenvalue weighted by molar-refractivity contribution is 7.98. The molecule has 0 aromatic heterocycles. The normalized spacial score (nSPS) is 10.3. The van der Waals surface area contributed by atoms with Crippen molar-refractivity contribution in [2.75, 3.05) is 11.1 Å². The van der Waals surface area contributed by atoms with Crippen molar-refractivity contribution in [3.05, 3.63) is 65.7 Å². The molecule has 0 radical (unpaired) electrons. The Bertz CT molecular complexity index is 568. The first kappa shape index (κ1) is 15.6. The lowest BCUT2D eigenvalue weighted by Crippen LogP contribution is -2.12. The predicted octanol–water partition coefficient (Wildman–Crippen LogP) is 4.65. The molecule has 0 saturated heterocycles. The van der Waals surface area contributed by atoms with Gasteiger partial charge in [0.25, 0.3) is 0 Å². The van der Waals surface area contributed by atoms with Gasteiger partial charge in [0.1, 0.15) is 0 Å². The first-order chi connectivity index (χ1) is 10.3. The number of para-hydroxylation sites is 1. The SMILES string of the molecule is Cc1ccccc1NC(=O)CCCSCc1ccccc1. The van der Waals surface area contributed by atoms with Crippen molar-refractivity contribution in [1.82, 2.24) is 0 Å². The van der Waals surface area contributed by atoms with Crippen LogP contribution in [0, 0.1) is 6.92 Å². The summed E-state index contributed by atoms with van der Waals surface area (Å²) in [5.41, 5.74) is 3.36. The third-order valence-corrected chi connectivity index (χ3v) is 4.34. The van der Waals surface area contributed by atoms with Crippen molar-refractivity contribution >= 4 is 23.4 Å². The van der Waals surface area contributed by atoms with Crippen molar-refractivity contribution < 1.29 is 4.79 Å². The van der Waals surface area contributed by atoms with Crippen LogP contribution in [0.3, 0.4) is 0 Å². The third-order valence-electron chi connectivity index (χ3n) is 3.22. The molecule has 0 aliphatic rings. The minimum absolute atomic E-state index is 0.101. The summed E-state index contributed by atoms with van der Waals surface area (Å²) < 4.78 is 0. The molecule has 0 saturated carbocycles. The van der Waals surface area contributed by atoms with Crippen molar-refractivity contribution in [3.63, 3.8) is 0 Å². The van der Waals surface area contributed by atoms with Gasteiger partial charge >= 0.3 is 0 Å². The smallest absolute Gasteiger partial charge is 0.224 e. The van der Waals surface area contributed by atoms with E-state index in [0.29, 0.717) is 6.42 Å². The van der Waals surface area contributed by atoms with Crippen LogP contribution in [-0.4, -0.2) is 11.7 Å². The first-order valence-corrected chi connectivity index (χ1v) is 8.38. The number of anilines is 1. The van der Waals surface area contributed by atoms with Crippen LogP contribution >= 0.6 is 11.8 Å². The topological polar surface area (TPSA) is 29.1 Å². The number of rotatable bonds is 7. The molecule has 0 spiro atoms. The average molecular weight is 299 g/mol.